The molecule has 34 heavy (non-hydrogen) atoms. The average molecular weight is 440 g/mol. The summed E-state index contributed by atoms with van der Waals surface area (Å²) in [5, 5.41) is 1.21. The number of fused-ring (bicyclic) bond motifs is 4. The maximum Gasteiger partial charge on any atom is 0.0719 e. The lowest BCUT2D eigenvalue weighted by molar-refractivity contribution is 0.661. The third kappa shape index (κ3) is 3.19. The number of benzene rings is 4. The topological polar surface area (TPSA) is 12.9 Å². The van der Waals surface area contributed by atoms with Crippen LogP contribution in [0.3, 0.4) is 0 Å². The first-order valence-corrected chi connectivity index (χ1v) is 12.1. The fourth-order valence-electron chi connectivity index (χ4n) is 5.74. The van der Waals surface area contributed by atoms with Crippen LogP contribution in [0.5, 0.6) is 0 Å². The number of nitrogens with zero attached hydrogens (tertiary/aromatic N) is 1. The third-order valence-electron chi connectivity index (χ3n) is 7.36. The molecule has 5 aromatic rings. The van der Waals surface area contributed by atoms with Crippen LogP contribution in [0.4, 0.5) is 0 Å². The Morgan fingerprint density at radius 2 is 1.29 bits per heavy atom. The van der Waals surface area contributed by atoms with Gasteiger partial charge in [-0.25, -0.2) is 4.98 Å². The predicted molar refractivity (Wildman–Crippen MR) is 144 cm³/mol. The monoisotopic (exact) mass is 439 g/mol. The maximum absolute atomic E-state index is 5.24. The lowest BCUT2D eigenvalue weighted by Crippen LogP contribution is -2.14. The minimum absolute atomic E-state index is 0.0405. The maximum atomic E-state index is 5.24. The fourth-order valence-corrected chi connectivity index (χ4v) is 5.74. The van der Waals surface area contributed by atoms with E-state index in [9.17, 15) is 0 Å². The first kappa shape index (κ1) is 20.9. The summed E-state index contributed by atoms with van der Waals surface area (Å²) in [6, 6.07) is 31.4. The lowest BCUT2D eigenvalue weighted by atomic mass is 9.82. The molecule has 0 radical (unpaired) electrons. The van der Waals surface area contributed by atoms with Crippen LogP contribution < -0.4 is 0 Å². The highest BCUT2D eigenvalue weighted by Crippen LogP contribution is 2.50. The zero-order valence-corrected chi connectivity index (χ0v) is 20.5. The van der Waals surface area contributed by atoms with Crippen LogP contribution in [0.25, 0.3) is 44.4 Å². The molecule has 1 aliphatic carbocycles. The van der Waals surface area contributed by atoms with Gasteiger partial charge in [-0.15, -0.1) is 0 Å². The van der Waals surface area contributed by atoms with Crippen molar-refractivity contribution in [2.75, 3.05) is 0 Å². The highest BCUT2D eigenvalue weighted by atomic mass is 14.7. The SMILES string of the molecule is Cc1cc(C)cc(-c2cc(-c3cccc(C)c3)c3cc4c(cc3n2)C(C)(C)c2ccccc2-4)c1. The molecule has 0 spiro atoms. The Morgan fingerprint density at radius 3 is 2.06 bits per heavy atom. The van der Waals surface area contributed by atoms with E-state index in [2.05, 4.69) is 120 Å². The Hall–Kier alpha value is -3.71. The van der Waals surface area contributed by atoms with Gasteiger partial charge < -0.3 is 0 Å². The number of hydrogen-bond donors (Lipinski definition) is 0. The summed E-state index contributed by atoms with van der Waals surface area (Å²) in [5.74, 6) is 0. The molecule has 0 amide bonds. The molecule has 0 aliphatic heterocycles. The Labute approximate surface area is 202 Å². The summed E-state index contributed by atoms with van der Waals surface area (Å²) in [6.07, 6.45) is 0. The van der Waals surface area contributed by atoms with E-state index in [1.807, 2.05) is 0 Å². The Bertz CT molecular complexity index is 1580. The van der Waals surface area contributed by atoms with E-state index in [4.69, 9.17) is 4.98 Å². The molecular weight excluding hydrogens is 410 g/mol. The molecule has 1 heteroatoms. The molecule has 0 N–H and O–H groups in total. The molecule has 1 heterocycles. The van der Waals surface area contributed by atoms with Gasteiger partial charge in [0.15, 0.2) is 0 Å². The van der Waals surface area contributed by atoms with Crippen molar-refractivity contribution in [1.82, 2.24) is 4.98 Å². The molecule has 1 nitrogen and oxygen atoms in total. The Kier molecular flexibility index (Phi) is 4.54. The van der Waals surface area contributed by atoms with Gasteiger partial charge in [-0.05, 0) is 84.5 Å². The van der Waals surface area contributed by atoms with Crippen LogP contribution in [-0.2, 0) is 5.41 Å². The number of aromatic nitrogens is 1. The lowest BCUT2D eigenvalue weighted by Gasteiger charge is -2.22. The summed E-state index contributed by atoms with van der Waals surface area (Å²) < 4.78 is 0. The van der Waals surface area contributed by atoms with Gasteiger partial charge in [-0.1, -0.05) is 85.1 Å². The van der Waals surface area contributed by atoms with Crippen LogP contribution in [-0.4, -0.2) is 4.98 Å². The van der Waals surface area contributed by atoms with E-state index >= 15 is 0 Å². The van der Waals surface area contributed by atoms with Gasteiger partial charge in [-0.2, -0.15) is 0 Å². The second-order valence-corrected chi connectivity index (χ2v) is 10.4. The van der Waals surface area contributed by atoms with E-state index in [1.54, 1.807) is 0 Å². The molecule has 0 saturated heterocycles. The first-order chi connectivity index (χ1) is 16.3. The van der Waals surface area contributed by atoms with Crippen LogP contribution in [0.1, 0.15) is 41.7 Å². The van der Waals surface area contributed by atoms with Crippen LogP contribution in [0.2, 0.25) is 0 Å². The highest BCUT2D eigenvalue weighted by molar-refractivity contribution is 6.01. The first-order valence-electron chi connectivity index (χ1n) is 12.1. The van der Waals surface area contributed by atoms with Crippen LogP contribution in [0, 0.1) is 20.8 Å². The van der Waals surface area contributed by atoms with Crippen molar-refractivity contribution >= 4 is 10.9 Å². The zero-order chi connectivity index (χ0) is 23.6. The second-order valence-electron chi connectivity index (χ2n) is 10.4. The van der Waals surface area contributed by atoms with Gasteiger partial charge in [0.2, 0.25) is 0 Å². The van der Waals surface area contributed by atoms with Crippen LogP contribution in [0.15, 0.2) is 84.9 Å². The quantitative estimate of drug-likeness (QED) is 0.268. The third-order valence-corrected chi connectivity index (χ3v) is 7.36. The van der Waals surface area contributed by atoms with E-state index in [1.165, 1.54) is 61.0 Å². The van der Waals surface area contributed by atoms with Crippen molar-refractivity contribution in [2.45, 2.75) is 40.0 Å². The van der Waals surface area contributed by atoms with Gasteiger partial charge in [0.25, 0.3) is 0 Å². The summed E-state index contributed by atoms with van der Waals surface area (Å²) in [6.45, 7) is 11.1. The number of hydrogen-bond acceptors (Lipinski definition) is 1. The molecule has 6 rings (SSSR count). The predicted octanol–water partition coefficient (Wildman–Crippen LogP) is 8.80. The minimum Gasteiger partial charge on any atom is -0.248 e. The minimum atomic E-state index is -0.0405. The van der Waals surface area contributed by atoms with E-state index in [0.717, 1.165) is 11.2 Å². The van der Waals surface area contributed by atoms with Gasteiger partial charge in [-0.3, -0.25) is 0 Å². The Balaban J connectivity index is 1.70. The molecule has 1 aliphatic rings. The second kappa shape index (κ2) is 7.40. The largest absolute Gasteiger partial charge is 0.248 e. The molecule has 0 fully saturated rings. The van der Waals surface area contributed by atoms with E-state index in [-0.39, 0.29) is 5.41 Å². The molecule has 166 valence electrons. The number of pyridine rings is 1. The standard InChI is InChI=1S/C33H29N/c1-20-9-8-10-23(14-20)26-18-31(24-15-21(2)13-22(3)16-24)34-32-19-30-27(17-28(26)32)25-11-6-7-12-29(25)33(30,4)5/h6-19H,1-5H3. The molecule has 0 saturated carbocycles. The van der Waals surface area contributed by atoms with Gasteiger partial charge >= 0.3 is 0 Å². The smallest absolute Gasteiger partial charge is 0.0719 e. The Morgan fingerprint density at radius 1 is 0.559 bits per heavy atom. The summed E-state index contributed by atoms with van der Waals surface area (Å²) in [5.41, 5.74) is 14.9. The van der Waals surface area contributed by atoms with Gasteiger partial charge in [0.1, 0.15) is 0 Å². The summed E-state index contributed by atoms with van der Waals surface area (Å²) in [4.78, 5) is 5.24. The van der Waals surface area contributed by atoms with Crippen molar-refractivity contribution in [3.63, 3.8) is 0 Å². The van der Waals surface area contributed by atoms with Crippen molar-refractivity contribution in [3.8, 4) is 33.5 Å². The van der Waals surface area contributed by atoms with Crippen molar-refractivity contribution in [1.29, 1.82) is 0 Å². The number of aryl methyl sites for hydroxylation is 3. The summed E-state index contributed by atoms with van der Waals surface area (Å²) >= 11 is 0. The van der Waals surface area contributed by atoms with Crippen molar-refractivity contribution in [2.24, 2.45) is 0 Å². The molecule has 0 atom stereocenters. The number of rotatable bonds is 2. The average Bonchev–Trinajstić information content (AvgIpc) is 3.03. The molecule has 1 aromatic heterocycles. The normalized spacial score (nSPS) is 13.7. The molecule has 0 unspecified atom stereocenters. The molecule has 0 bridgehead atoms. The van der Waals surface area contributed by atoms with E-state index in [0.29, 0.717) is 0 Å². The van der Waals surface area contributed by atoms with Crippen molar-refractivity contribution < 1.29 is 0 Å². The van der Waals surface area contributed by atoms with Crippen LogP contribution >= 0.6 is 0 Å². The molecule has 4 aromatic carbocycles. The summed E-state index contributed by atoms with van der Waals surface area (Å²) in [7, 11) is 0. The fraction of sp³-hybridized carbons (Fsp3) is 0.182. The van der Waals surface area contributed by atoms with E-state index < -0.39 is 0 Å². The van der Waals surface area contributed by atoms with Gasteiger partial charge in [0.05, 0.1) is 11.2 Å². The van der Waals surface area contributed by atoms with Gasteiger partial charge in [0, 0.05) is 16.4 Å². The highest BCUT2D eigenvalue weighted by Gasteiger charge is 2.35. The van der Waals surface area contributed by atoms with Crippen molar-refractivity contribution in [3.05, 3.63) is 113 Å². The molecular formula is C33H29N. The zero-order valence-electron chi connectivity index (χ0n) is 20.5.